The number of halogens is 1. The van der Waals surface area contributed by atoms with Crippen molar-refractivity contribution in [2.75, 3.05) is 7.11 Å². The molecule has 0 saturated heterocycles. The molecule has 0 amide bonds. The molecule has 0 radical (unpaired) electrons. The molecule has 0 bridgehead atoms. The van der Waals surface area contributed by atoms with Gasteiger partial charge in [0.2, 0.25) is 0 Å². The van der Waals surface area contributed by atoms with Gasteiger partial charge in [-0.3, -0.25) is 4.79 Å². The summed E-state index contributed by atoms with van der Waals surface area (Å²) in [5.41, 5.74) is 1.22. The summed E-state index contributed by atoms with van der Waals surface area (Å²) in [7, 11) is 1.59. The lowest BCUT2D eigenvalue weighted by Crippen LogP contribution is -2.08. The van der Waals surface area contributed by atoms with E-state index < -0.39 is 0 Å². The topological polar surface area (TPSA) is 55.0 Å². The van der Waals surface area contributed by atoms with E-state index in [0.29, 0.717) is 17.3 Å². The molecule has 1 heterocycles. The molecular formula is C12H11BrN2O2. The Morgan fingerprint density at radius 2 is 2.12 bits per heavy atom. The van der Waals surface area contributed by atoms with E-state index in [1.165, 1.54) is 6.07 Å². The average molecular weight is 295 g/mol. The quantitative estimate of drug-likeness (QED) is 0.926. The number of hydrogen-bond donors (Lipinski definition) is 1. The van der Waals surface area contributed by atoms with Crippen LogP contribution in [0, 0.1) is 6.92 Å². The molecule has 2 aromatic rings. The third-order valence-electron chi connectivity index (χ3n) is 2.30. The fourth-order valence-electron chi connectivity index (χ4n) is 1.60. The summed E-state index contributed by atoms with van der Waals surface area (Å²) >= 11 is 3.39. The molecule has 1 N–H and O–H groups in total. The number of rotatable bonds is 2. The van der Waals surface area contributed by atoms with Crippen LogP contribution in [0.4, 0.5) is 0 Å². The van der Waals surface area contributed by atoms with E-state index in [-0.39, 0.29) is 5.56 Å². The minimum absolute atomic E-state index is 0.172. The van der Waals surface area contributed by atoms with E-state index in [1.807, 2.05) is 18.2 Å². The number of aromatic amines is 1. The molecule has 0 spiro atoms. The van der Waals surface area contributed by atoms with Crippen LogP contribution in [-0.4, -0.2) is 17.1 Å². The summed E-state index contributed by atoms with van der Waals surface area (Å²) in [6, 6.07) is 7.04. The van der Waals surface area contributed by atoms with Crippen molar-refractivity contribution in [3.63, 3.8) is 0 Å². The van der Waals surface area contributed by atoms with Crippen molar-refractivity contribution in [3.05, 3.63) is 44.9 Å². The minimum Gasteiger partial charge on any atom is -0.496 e. The van der Waals surface area contributed by atoms with Gasteiger partial charge in [0, 0.05) is 16.1 Å². The van der Waals surface area contributed by atoms with Crippen molar-refractivity contribution >= 4 is 15.9 Å². The number of benzene rings is 1. The number of H-pyrrole nitrogens is 1. The Kier molecular flexibility index (Phi) is 3.28. The second-order valence-corrected chi connectivity index (χ2v) is 4.48. The summed E-state index contributed by atoms with van der Waals surface area (Å²) in [5.74, 6) is 1.26. The number of aryl methyl sites for hydroxylation is 1. The van der Waals surface area contributed by atoms with Gasteiger partial charge in [-0.1, -0.05) is 15.9 Å². The van der Waals surface area contributed by atoms with Crippen LogP contribution >= 0.6 is 15.9 Å². The van der Waals surface area contributed by atoms with Gasteiger partial charge < -0.3 is 9.72 Å². The van der Waals surface area contributed by atoms with Crippen molar-refractivity contribution in [2.24, 2.45) is 0 Å². The highest BCUT2D eigenvalue weighted by Crippen LogP contribution is 2.30. The van der Waals surface area contributed by atoms with Crippen LogP contribution in [0.1, 0.15) is 5.82 Å². The van der Waals surface area contributed by atoms with E-state index in [2.05, 4.69) is 25.9 Å². The van der Waals surface area contributed by atoms with Crippen LogP contribution in [0.15, 0.2) is 33.5 Å². The first-order chi connectivity index (χ1) is 8.10. The number of nitrogens with zero attached hydrogens (tertiary/aromatic N) is 1. The molecule has 88 valence electrons. The summed E-state index contributed by atoms with van der Waals surface area (Å²) in [5, 5.41) is 0. The molecule has 0 atom stereocenters. The Hall–Kier alpha value is -1.62. The summed E-state index contributed by atoms with van der Waals surface area (Å²) in [6.45, 7) is 1.75. The molecule has 0 saturated carbocycles. The van der Waals surface area contributed by atoms with Crippen LogP contribution in [0.25, 0.3) is 11.3 Å². The number of ether oxygens (including phenoxy) is 1. The van der Waals surface area contributed by atoms with Crippen LogP contribution in [0.5, 0.6) is 5.75 Å². The molecule has 0 unspecified atom stereocenters. The SMILES string of the molecule is COc1ccc(Br)cc1-c1cc(=O)[nH]c(C)n1. The van der Waals surface area contributed by atoms with Gasteiger partial charge >= 0.3 is 0 Å². The molecule has 0 aliphatic carbocycles. The smallest absolute Gasteiger partial charge is 0.251 e. The van der Waals surface area contributed by atoms with E-state index in [9.17, 15) is 4.79 Å². The normalized spacial score (nSPS) is 10.3. The monoisotopic (exact) mass is 294 g/mol. The number of hydrogen-bond acceptors (Lipinski definition) is 3. The molecule has 0 aliphatic heterocycles. The Balaban J connectivity index is 2.66. The average Bonchev–Trinajstić information content (AvgIpc) is 2.27. The van der Waals surface area contributed by atoms with Gasteiger partial charge in [-0.25, -0.2) is 4.98 Å². The summed E-state index contributed by atoms with van der Waals surface area (Å²) < 4.78 is 6.17. The molecular weight excluding hydrogens is 284 g/mol. The number of aromatic nitrogens is 2. The number of methoxy groups -OCH3 is 1. The zero-order valence-electron chi connectivity index (χ0n) is 9.45. The summed E-state index contributed by atoms with van der Waals surface area (Å²) in [6.07, 6.45) is 0. The van der Waals surface area contributed by atoms with E-state index >= 15 is 0 Å². The van der Waals surface area contributed by atoms with Crippen LogP contribution in [0.3, 0.4) is 0 Å². The van der Waals surface area contributed by atoms with E-state index in [0.717, 1.165) is 10.0 Å². The second-order valence-electron chi connectivity index (χ2n) is 3.56. The molecule has 17 heavy (non-hydrogen) atoms. The summed E-state index contributed by atoms with van der Waals surface area (Å²) in [4.78, 5) is 18.3. The maximum Gasteiger partial charge on any atom is 0.251 e. The maximum absolute atomic E-state index is 11.4. The Bertz CT molecular complexity index is 608. The number of nitrogens with one attached hydrogen (secondary N) is 1. The lowest BCUT2D eigenvalue weighted by atomic mass is 10.1. The van der Waals surface area contributed by atoms with Crippen molar-refractivity contribution in [1.82, 2.24) is 9.97 Å². The van der Waals surface area contributed by atoms with E-state index in [1.54, 1.807) is 14.0 Å². The molecule has 4 nitrogen and oxygen atoms in total. The zero-order chi connectivity index (χ0) is 12.4. The highest BCUT2D eigenvalue weighted by atomic mass is 79.9. The molecule has 1 aromatic carbocycles. The van der Waals surface area contributed by atoms with Crippen molar-refractivity contribution in [3.8, 4) is 17.0 Å². The fraction of sp³-hybridized carbons (Fsp3) is 0.167. The zero-order valence-corrected chi connectivity index (χ0v) is 11.0. The highest BCUT2D eigenvalue weighted by Gasteiger charge is 2.09. The molecule has 0 fully saturated rings. The lowest BCUT2D eigenvalue weighted by Gasteiger charge is -2.08. The first kappa shape index (κ1) is 11.9. The maximum atomic E-state index is 11.4. The van der Waals surface area contributed by atoms with Gasteiger partial charge in [-0.15, -0.1) is 0 Å². The lowest BCUT2D eigenvalue weighted by molar-refractivity contribution is 0.416. The van der Waals surface area contributed by atoms with Crippen molar-refractivity contribution < 1.29 is 4.74 Å². The molecule has 2 rings (SSSR count). The van der Waals surface area contributed by atoms with E-state index in [4.69, 9.17) is 4.74 Å². The Labute approximate surface area is 107 Å². The van der Waals surface area contributed by atoms with Gasteiger partial charge in [-0.05, 0) is 25.1 Å². The minimum atomic E-state index is -0.172. The predicted octanol–water partition coefficient (Wildman–Crippen LogP) is 2.52. The third kappa shape index (κ3) is 2.55. The first-order valence-electron chi connectivity index (χ1n) is 5.02. The van der Waals surface area contributed by atoms with Crippen LogP contribution in [-0.2, 0) is 0 Å². The molecule has 5 heteroatoms. The first-order valence-corrected chi connectivity index (χ1v) is 5.81. The Morgan fingerprint density at radius 3 is 2.76 bits per heavy atom. The van der Waals surface area contributed by atoms with Gasteiger partial charge in [0.25, 0.3) is 5.56 Å². The van der Waals surface area contributed by atoms with Crippen molar-refractivity contribution in [2.45, 2.75) is 6.92 Å². The molecule has 1 aromatic heterocycles. The van der Waals surface area contributed by atoms with Gasteiger partial charge in [0.1, 0.15) is 11.6 Å². The van der Waals surface area contributed by atoms with Gasteiger partial charge in [0.05, 0.1) is 12.8 Å². The third-order valence-corrected chi connectivity index (χ3v) is 2.79. The largest absolute Gasteiger partial charge is 0.496 e. The van der Waals surface area contributed by atoms with Crippen LogP contribution < -0.4 is 10.3 Å². The standard InChI is InChI=1S/C12H11BrN2O2/c1-7-14-10(6-12(16)15-7)9-5-8(13)3-4-11(9)17-2/h3-6H,1-2H3,(H,14,15,16). The fourth-order valence-corrected chi connectivity index (χ4v) is 1.96. The van der Waals surface area contributed by atoms with Gasteiger partial charge in [-0.2, -0.15) is 0 Å². The predicted molar refractivity (Wildman–Crippen MR) is 69.3 cm³/mol. The molecule has 0 aliphatic rings. The van der Waals surface area contributed by atoms with Gasteiger partial charge in [0.15, 0.2) is 0 Å². The Morgan fingerprint density at radius 1 is 1.35 bits per heavy atom. The highest BCUT2D eigenvalue weighted by molar-refractivity contribution is 9.10. The second kappa shape index (κ2) is 4.71. The van der Waals surface area contributed by atoms with Crippen LogP contribution in [0.2, 0.25) is 0 Å². The van der Waals surface area contributed by atoms with Crippen molar-refractivity contribution in [1.29, 1.82) is 0 Å².